The lowest BCUT2D eigenvalue weighted by Crippen LogP contribution is -2.53. The van der Waals surface area contributed by atoms with Gasteiger partial charge in [0.1, 0.15) is 4.60 Å². The second kappa shape index (κ2) is 5.43. The van der Waals surface area contributed by atoms with E-state index in [9.17, 15) is 5.11 Å². The standard InChI is InChI=1S/C20H25BrN2O/c1-19(2)15-10-9-14-17(20(15,3)12-11-16(19)24)22-23(18(14)21)13-7-5-4-6-8-13/h4-8,15-16,24H,9-12H2,1-3H3/t15-,16?,20-/m0/s1. The topological polar surface area (TPSA) is 38.1 Å². The van der Waals surface area contributed by atoms with E-state index in [2.05, 4.69) is 48.8 Å². The largest absolute Gasteiger partial charge is 0.393 e. The number of aromatic nitrogens is 2. The fourth-order valence-corrected chi connectivity index (χ4v) is 5.82. The number of nitrogens with zero attached hydrogens (tertiary/aromatic N) is 2. The summed E-state index contributed by atoms with van der Waals surface area (Å²) in [5.74, 6) is 0.465. The first-order chi connectivity index (χ1) is 11.4. The van der Waals surface area contributed by atoms with E-state index < -0.39 is 0 Å². The van der Waals surface area contributed by atoms with Gasteiger partial charge in [0.05, 0.1) is 17.5 Å². The number of hydrogen-bond donors (Lipinski definition) is 1. The predicted molar refractivity (Wildman–Crippen MR) is 99.4 cm³/mol. The number of fused-ring (bicyclic) bond motifs is 3. The first-order valence-electron chi connectivity index (χ1n) is 8.87. The molecule has 1 N–H and O–H groups in total. The van der Waals surface area contributed by atoms with Crippen LogP contribution in [0.5, 0.6) is 0 Å². The van der Waals surface area contributed by atoms with Crippen molar-refractivity contribution >= 4 is 15.9 Å². The zero-order valence-electron chi connectivity index (χ0n) is 14.6. The molecule has 0 amide bonds. The Morgan fingerprint density at radius 3 is 2.58 bits per heavy atom. The van der Waals surface area contributed by atoms with Gasteiger partial charge in [0.15, 0.2) is 0 Å². The lowest BCUT2D eigenvalue weighted by molar-refractivity contribution is -0.0742. The van der Waals surface area contributed by atoms with E-state index in [4.69, 9.17) is 5.10 Å². The van der Waals surface area contributed by atoms with Gasteiger partial charge in [-0.05, 0) is 65.1 Å². The number of aliphatic hydroxyl groups is 1. The van der Waals surface area contributed by atoms with Crippen molar-refractivity contribution < 1.29 is 5.11 Å². The van der Waals surface area contributed by atoms with Crippen LogP contribution in [0.4, 0.5) is 0 Å². The monoisotopic (exact) mass is 388 g/mol. The Labute approximate surface area is 152 Å². The molecule has 1 heterocycles. The minimum absolute atomic E-state index is 0.0405. The van der Waals surface area contributed by atoms with E-state index in [-0.39, 0.29) is 16.9 Å². The quantitative estimate of drug-likeness (QED) is 0.772. The van der Waals surface area contributed by atoms with Crippen LogP contribution in [-0.4, -0.2) is 21.0 Å². The van der Waals surface area contributed by atoms with Crippen LogP contribution < -0.4 is 0 Å². The van der Waals surface area contributed by atoms with Crippen LogP contribution in [0.2, 0.25) is 0 Å². The molecule has 128 valence electrons. The van der Waals surface area contributed by atoms with Gasteiger partial charge in [-0.25, -0.2) is 4.68 Å². The smallest absolute Gasteiger partial charge is 0.113 e. The third kappa shape index (κ3) is 2.15. The highest BCUT2D eigenvalue weighted by Crippen LogP contribution is 2.57. The summed E-state index contributed by atoms with van der Waals surface area (Å²) in [7, 11) is 0. The van der Waals surface area contributed by atoms with E-state index in [1.165, 1.54) is 11.3 Å². The van der Waals surface area contributed by atoms with E-state index in [1.807, 2.05) is 22.9 Å². The molecule has 4 heteroatoms. The van der Waals surface area contributed by atoms with E-state index >= 15 is 0 Å². The lowest BCUT2D eigenvalue weighted by atomic mass is 9.51. The second-order valence-corrected chi connectivity index (χ2v) is 9.00. The SMILES string of the molecule is CC1(C)C(O)CC[C@]2(C)c3nn(-c4ccccc4)c(Br)c3CC[C@@H]12. The van der Waals surface area contributed by atoms with Gasteiger partial charge < -0.3 is 5.11 Å². The molecule has 24 heavy (non-hydrogen) atoms. The van der Waals surface area contributed by atoms with Crippen LogP contribution in [0, 0.1) is 11.3 Å². The van der Waals surface area contributed by atoms with Crippen LogP contribution in [0.15, 0.2) is 34.9 Å². The van der Waals surface area contributed by atoms with E-state index in [0.29, 0.717) is 5.92 Å². The molecule has 3 atom stereocenters. The summed E-state index contributed by atoms with van der Waals surface area (Å²) in [6, 6.07) is 10.3. The number of halogens is 1. The van der Waals surface area contributed by atoms with Crippen molar-refractivity contribution in [2.24, 2.45) is 11.3 Å². The summed E-state index contributed by atoms with van der Waals surface area (Å²) in [6.07, 6.45) is 3.80. The lowest BCUT2D eigenvalue weighted by Gasteiger charge is -2.54. The predicted octanol–water partition coefficient (Wildman–Crippen LogP) is 4.64. The molecule has 2 aromatic rings. The molecule has 0 radical (unpaired) electrons. The highest BCUT2D eigenvalue weighted by molar-refractivity contribution is 9.10. The Morgan fingerprint density at radius 2 is 1.88 bits per heavy atom. The van der Waals surface area contributed by atoms with Crippen molar-refractivity contribution in [2.45, 2.75) is 58.0 Å². The first-order valence-corrected chi connectivity index (χ1v) is 9.66. The molecule has 4 rings (SSSR count). The average molecular weight is 389 g/mol. The van der Waals surface area contributed by atoms with Gasteiger partial charge in [0, 0.05) is 11.0 Å². The highest BCUT2D eigenvalue weighted by Gasteiger charge is 2.55. The van der Waals surface area contributed by atoms with Crippen LogP contribution in [0.25, 0.3) is 5.69 Å². The van der Waals surface area contributed by atoms with Gasteiger partial charge in [0.2, 0.25) is 0 Å². The maximum absolute atomic E-state index is 10.5. The second-order valence-electron chi connectivity index (χ2n) is 8.25. The molecule has 0 saturated heterocycles. The maximum atomic E-state index is 10.5. The normalized spacial score (nSPS) is 31.4. The molecule has 0 spiro atoms. The number of benzene rings is 1. The molecule has 2 aliphatic carbocycles. The minimum Gasteiger partial charge on any atom is -0.393 e. The van der Waals surface area contributed by atoms with Crippen LogP contribution >= 0.6 is 15.9 Å². The van der Waals surface area contributed by atoms with Gasteiger partial charge in [-0.15, -0.1) is 0 Å². The Kier molecular flexibility index (Phi) is 3.70. The molecule has 1 aromatic heterocycles. The van der Waals surface area contributed by atoms with Crippen LogP contribution in [0.3, 0.4) is 0 Å². The molecule has 1 unspecified atom stereocenters. The number of aliphatic hydroxyl groups excluding tert-OH is 1. The zero-order chi connectivity index (χ0) is 17.1. The number of rotatable bonds is 1. The molecule has 0 aliphatic heterocycles. The van der Waals surface area contributed by atoms with Crippen LogP contribution in [0.1, 0.15) is 51.3 Å². The highest BCUT2D eigenvalue weighted by atomic mass is 79.9. The van der Waals surface area contributed by atoms with Crippen LogP contribution in [-0.2, 0) is 11.8 Å². The summed E-state index contributed by atoms with van der Waals surface area (Å²) in [5.41, 5.74) is 3.65. The van der Waals surface area contributed by atoms with E-state index in [0.717, 1.165) is 36.0 Å². The minimum atomic E-state index is -0.211. The fourth-order valence-electron chi connectivity index (χ4n) is 5.15. The van der Waals surface area contributed by atoms with Crippen molar-refractivity contribution in [3.63, 3.8) is 0 Å². The average Bonchev–Trinajstić information content (AvgIpc) is 2.91. The third-order valence-electron chi connectivity index (χ3n) is 6.61. The molecular weight excluding hydrogens is 364 g/mol. The van der Waals surface area contributed by atoms with Crippen molar-refractivity contribution in [3.8, 4) is 5.69 Å². The summed E-state index contributed by atoms with van der Waals surface area (Å²) in [6.45, 7) is 6.82. The molecule has 0 bridgehead atoms. The summed E-state index contributed by atoms with van der Waals surface area (Å²) < 4.78 is 3.13. The van der Waals surface area contributed by atoms with Gasteiger partial charge in [-0.3, -0.25) is 0 Å². The molecule has 3 nitrogen and oxygen atoms in total. The van der Waals surface area contributed by atoms with E-state index in [1.54, 1.807) is 0 Å². The van der Waals surface area contributed by atoms with Gasteiger partial charge in [-0.1, -0.05) is 39.0 Å². The Balaban J connectivity index is 1.85. The Morgan fingerprint density at radius 1 is 1.17 bits per heavy atom. The Hall–Kier alpha value is -1.13. The first kappa shape index (κ1) is 16.3. The Bertz CT molecular complexity index is 767. The molecule has 1 aromatic carbocycles. The summed E-state index contributed by atoms with van der Waals surface area (Å²) >= 11 is 3.81. The number of hydrogen-bond acceptors (Lipinski definition) is 2. The maximum Gasteiger partial charge on any atom is 0.113 e. The zero-order valence-corrected chi connectivity index (χ0v) is 16.2. The van der Waals surface area contributed by atoms with Crippen molar-refractivity contribution in [3.05, 3.63) is 46.2 Å². The summed E-state index contributed by atoms with van der Waals surface area (Å²) in [5, 5.41) is 15.6. The summed E-state index contributed by atoms with van der Waals surface area (Å²) in [4.78, 5) is 0. The van der Waals surface area contributed by atoms with Gasteiger partial charge in [0.25, 0.3) is 0 Å². The fraction of sp³-hybridized carbons (Fsp3) is 0.550. The van der Waals surface area contributed by atoms with Crippen molar-refractivity contribution in [1.82, 2.24) is 9.78 Å². The van der Waals surface area contributed by atoms with Crippen molar-refractivity contribution in [2.75, 3.05) is 0 Å². The van der Waals surface area contributed by atoms with Gasteiger partial charge in [-0.2, -0.15) is 5.10 Å². The molecule has 1 fully saturated rings. The van der Waals surface area contributed by atoms with Gasteiger partial charge >= 0.3 is 0 Å². The molecule has 2 aliphatic rings. The number of para-hydroxylation sites is 1. The third-order valence-corrected chi connectivity index (χ3v) is 7.42. The molecule has 1 saturated carbocycles. The molecular formula is C20H25BrN2O. The van der Waals surface area contributed by atoms with Crippen molar-refractivity contribution in [1.29, 1.82) is 0 Å².